The van der Waals surface area contributed by atoms with E-state index in [1.54, 1.807) is 18.2 Å². The van der Waals surface area contributed by atoms with E-state index in [1.807, 2.05) is 6.07 Å². The third kappa shape index (κ3) is 3.00. The van der Waals surface area contributed by atoms with Crippen LogP contribution < -0.4 is 5.32 Å². The SMILES string of the molecule is N#CC(NC(=O)c1ncccc1Br)c1ccccc1F. The predicted octanol–water partition coefficient (Wildman–Crippen LogP) is 2.98. The van der Waals surface area contributed by atoms with Gasteiger partial charge in [0.25, 0.3) is 5.91 Å². The molecule has 0 fully saturated rings. The fraction of sp³-hybridized carbons (Fsp3) is 0.0714. The summed E-state index contributed by atoms with van der Waals surface area (Å²) in [5.41, 5.74) is 0.263. The Morgan fingerprint density at radius 3 is 2.75 bits per heavy atom. The molecule has 0 saturated carbocycles. The van der Waals surface area contributed by atoms with Crippen LogP contribution >= 0.6 is 15.9 Å². The minimum Gasteiger partial charge on any atom is -0.331 e. The largest absolute Gasteiger partial charge is 0.331 e. The molecule has 6 heteroatoms. The molecule has 20 heavy (non-hydrogen) atoms. The number of nitrogens with one attached hydrogen (secondary N) is 1. The van der Waals surface area contributed by atoms with Crippen molar-refractivity contribution in [2.24, 2.45) is 0 Å². The number of rotatable bonds is 3. The standard InChI is InChI=1S/C14H9BrFN3O/c15-10-5-3-7-18-13(10)14(20)19-12(8-17)9-4-1-2-6-11(9)16/h1-7,12H,(H,19,20). The third-order valence-corrected chi connectivity index (χ3v) is 3.23. The van der Waals surface area contributed by atoms with Crippen LogP contribution in [-0.4, -0.2) is 10.9 Å². The Hall–Kier alpha value is -2.26. The number of hydrogen-bond acceptors (Lipinski definition) is 3. The molecular weight excluding hydrogens is 325 g/mol. The zero-order chi connectivity index (χ0) is 14.5. The van der Waals surface area contributed by atoms with Crippen LogP contribution in [-0.2, 0) is 0 Å². The van der Waals surface area contributed by atoms with Crippen molar-refractivity contribution in [1.82, 2.24) is 10.3 Å². The van der Waals surface area contributed by atoms with Crippen LogP contribution in [0.5, 0.6) is 0 Å². The van der Waals surface area contributed by atoms with Crippen molar-refractivity contribution in [3.8, 4) is 6.07 Å². The molecule has 2 rings (SSSR count). The first kappa shape index (κ1) is 14.2. The Labute approximate surface area is 123 Å². The second-order valence-corrected chi connectivity index (χ2v) is 4.75. The lowest BCUT2D eigenvalue weighted by atomic mass is 10.1. The topological polar surface area (TPSA) is 65.8 Å². The summed E-state index contributed by atoms with van der Waals surface area (Å²) in [6.07, 6.45) is 1.46. The van der Waals surface area contributed by atoms with Crippen LogP contribution in [0.25, 0.3) is 0 Å². The molecule has 0 radical (unpaired) electrons. The molecule has 2 aromatic rings. The molecule has 1 unspecified atom stereocenters. The summed E-state index contributed by atoms with van der Waals surface area (Å²) in [7, 11) is 0. The maximum absolute atomic E-state index is 13.6. The van der Waals surface area contributed by atoms with Gasteiger partial charge in [-0.25, -0.2) is 9.37 Å². The van der Waals surface area contributed by atoms with Gasteiger partial charge < -0.3 is 5.32 Å². The summed E-state index contributed by atoms with van der Waals surface area (Å²) >= 11 is 3.20. The van der Waals surface area contributed by atoms with Gasteiger partial charge in [0.15, 0.2) is 0 Å². The normalized spacial score (nSPS) is 11.4. The van der Waals surface area contributed by atoms with E-state index in [4.69, 9.17) is 5.26 Å². The molecule has 1 aromatic heterocycles. The first-order valence-electron chi connectivity index (χ1n) is 5.69. The lowest BCUT2D eigenvalue weighted by Crippen LogP contribution is -2.29. The summed E-state index contributed by atoms with van der Waals surface area (Å²) in [5.74, 6) is -1.09. The van der Waals surface area contributed by atoms with Crippen LogP contribution in [0.4, 0.5) is 4.39 Å². The van der Waals surface area contributed by atoms with Gasteiger partial charge in [0.05, 0.1) is 6.07 Å². The van der Waals surface area contributed by atoms with Gasteiger partial charge in [0, 0.05) is 16.2 Å². The average molecular weight is 334 g/mol. The average Bonchev–Trinajstić information content (AvgIpc) is 2.46. The highest BCUT2D eigenvalue weighted by molar-refractivity contribution is 9.10. The number of hydrogen-bond donors (Lipinski definition) is 1. The van der Waals surface area contributed by atoms with Gasteiger partial charge in [-0.05, 0) is 34.1 Å². The molecule has 1 aromatic carbocycles. The second-order valence-electron chi connectivity index (χ2n) is 3.89. The lowest BCUT2D eigenvalue weighted by molar-refractivity contribution is 0.0939. The Kier molecular flexibility index (Phi) is 4.43. The molecule has 0 aliphatic rings. The fourth-order valence-corrected chi connectivity index (χ4v) is 2.08. The number of amides is 1. The smallest absolute Gasteiger partial charge is 0.272 e. The first-order chi connectivity index (χ1) is 9.63. The molecule has 1 N–H and O–H groups in total. The molecule has 0 spiro atoms. The van der Waals surface area contributed by atoms with Crippen molar-refractivity contribution >= 4 is 21.8 Å². The van der Waals surface area contributed by atoms with Crippen LogP contribution in [0.1, 0.15) is 22.1 Å². The molecule has 0 bridgehead atoms. The lowest BCUT2D eigenvalue weighted by Gasteiger charge is -2.12. The highest BCUT2D eigenvalue weighted by atomic mass is 79.9. The van der Waals surface area contributed by atoms with Gasteiger partial charge in [-0.2, -0.15) is 5.26 Å². The molecule has 1 atom stereocenters. The summed E-state index contributed by atoms with van der Waals surface area (Å²) in [4.78, 5) is 16.0. The summed E-state index contributed by atoms with van der Waals surface area (Å²) in [6.45, 7) is 0. The molecule has 0 saturated heterocycles. The number of carbonyl (C=O) groups excluding carboxylic acids is 1. The molecular formula is C14H9BrFN3O. The Morgan fingerprint density at radius 1 is 1.35 bits per heavy atom. The van der Waals surface area contributed by atoms with Crippen molar-refractivity contribution in [3.63, 3.8) is 0 Å². The van der Waals surface area contributed by atoms with Crippen LogP contribution in [0.3, 0.4) is 0 Å². The van der Waals surface area contributed by atoms with E-state index < -0.39 is 17.8 Å². The number of pyridine rings is 1. The number of nitrogens with zero attached hydrogens (tertiary/aromatic N) is 2. The maximum Gasteiger partial charge on any atom is 0.272 e. The van der Waals surface area contributed by atoms with Gasteiger partial charge in [0.2, 0.25) is 0 Å². The van der Waals surface area contributed by atoms with Crippen molar-refractivity contribution < 1.29 is 9.18 Å². The molecule has 1 heterocycles. The van der Waals surface area contributed by atoms with Crippen molar-refractivity contribution in [2.75, 3.05) is 0 Å². The van der Waals surface area contributed by atoms with E-state index >= 15 is 0 Å². The van der Waals surface area contributed by atoms with Crippen LogP contribution in [0.15, 0.2) is 47.1 Å². The highest BCUT2D eigenvalue weighted by Gasteiger charge is 2.20. The van der Waals surface area contributed by atoms with Crippen molar-refractivity contribution in [2.45, 2.75) is 6.04 Å². The summed E-state index contributed by atoms with van der Waals surface area (Å²) in [6, 6.07) is 9.93. The van der Waals surface area contributed by atoms with Gasteiger partial charge >= 0.3 is 0 Å². The zero-order valence-corrected chi connectivity index (χ0v) is 11.8. The minimum absolute atomic E-state index is 0.121. The van der Waals surface area contributed by atoms with Gasteiger partial charge in [-0.1, -0.05) is 18.2 Å². The fourth-order valence-electron chi connectivity index (χ4n) is 1.64. The van der Waals surface area contributed by atoms with E-state index in [-0.39, 0.29) is 11.3 Å². The van der Waals surface area contributed by atoms with Crippen LogP contribution in [0.2, 0.25) is 0 Å². The Bertz CT molecular complexity index is 684. The Morgan fingerprint density at radius 2 is 2.10 bits per heavy atom. The molecule has 100 valence electrons. The zero-order valence-electron chi connectivity index (χ0n) is 10.2. The van der Waals surface area contributed by atoms with Crippen molar-refractivity contribution in [1.29, 1.82) is 5.26 Å². The number of aromatic nitrogens is 1. The van der Waals surface area contributed by atoms with E-state index in [1.165, 1.54) is 24.4 Å². The second kappa shape index (κ2) is 6.26. The molecule has 4 nitrogen and oxygen atoms in total. The maximum atomic E-state index is 13.6. The number of halogens is 2. The van der Waals surface area contributed by atoms with E-state index in [9.17, 15) is 9.18 Å². The number of benzene rings is 1. The molecule has 1 amide bonds. The van der Waals surface area contributed by atoms with Gasteiger partial charge in [0.1, 0.15) is 17.6 Å². The number of nitriles is 1. The molecule has 0 aliphatic heterocycles. The molecule has 0 aliphatic carbocycles. The van der Waals surface area contributed by atoms with Gasteiger partial charge in [-0.3, -0.25) is 4.79 Å². The third-order valence-electron chi connectivity index (χ3n) is 2.59. The van der Waals surface area contributed by atoms with Crippen molar-refractivity contribution in [3.05, 3.63) is 64.1 Å². The minimum atomic E-state index is -1.07. The van der Waals surface area contributed by atoms with Crippen LogP contribution in [0, 0.1) is 17.1 Å². The van der Waals surface area contributed by atoms with Gasteiger partial charge in [-0.15, -0.1) is 0 Å². The van der Waals surface area contributed by atoms with E-state index in [0.29, 0.717) is 4.47 Å². The van der Waals surface area contributed by atoms with E-state index in [2.05, 4.69) is 26.2 Å². The Balaban J connectivity index is 2.24. The predicted molar refractivity (Wildman–Crippen MR) is 74.2 cm³/mol. The summed E-state index contributed by atoms with van der Waals surface area (Å²) < 4.78 is 14.1. The summed E-state index contributed by atoms with van der Waals surface area (Å²) in [5, 5.41) is 11.6. The monoisotopic (exact) mass is 333 g/mol. The first-order valence-corrected chi connectivity index (χ1v) is 6.48. The quantitative estimate of drug-likeness (QED) is 0.938. The highest BCUT2D eigenvalue weighted by Crippen LogP contribution is 2.18. The number of carbonyl (C=O) groups is 1. The van der Waals surface area contributed by atoms with E-state index in [0.717, 1.165) is 0 Å².